The molecule has 2 heterocycles. The summed E-state index contributed by atoms with van der Waals surface area (Å²) < 4.78 is 7.97. The van der Waals surface area contributed by atoms with Gasteiger partial charge in [0.05, 0.1) is 29.7 Å². The number of aliphatic hydroxyl groups excluding tert-OH is 1. The molecule has 2 N–H and O–H groups in total. The summed E-state index contributed by atoms with van der Waals surface area (Å²) in [5.74, 6) is 0. The standard InChI is InChI=1S/C8H13N3OS/c12-8(7-2-1-3-9-7)4-6-5-10-13-11-6/h5,7-9,12H,1-4H2. The molecule has 0 spiro atoms. The predicted molar refractivity (Wildman–Crippen MR) is 50.6 cm³/mol. The molecule has 0 amide bonds. The molecule has 1 fully saturated rings. The van der Waals surface area contributed by atoms with Gasteiger partial charge in [-0.25, -0.2) is 0 Å². The first kappa shape index (κ1) is 9.05. The average Bonchev–Trinajstić information content (AvgIpc) is 2.74. The van der Waals surface area contributed by atoms with Crippen molar-refractivity contribution in [2.24, 2.45) is 0 Å². The maximum absolute atomic E-state index is 9.80. The second kappa shape index (κ2) is 4.13. The molecule has 0 aliphatic carbocycles. The van der Waals surface area contributed by atoms with E-state index in [1.807, 2.05) is 0 Å². The Balaban J connectivity index is 1.87. The first-order valence-electron chi connectivity index (χ1n) is 4.54. The van der Waals surface area contributed by atoms with Crippen molar-refractivity contribution in [1.82, 2.24) is 14.1 Å². The van der Waals surface area contributed by atoms with Gasteiger partial charge < -0.3 is 10.4 Å². The first-order valence-corrected chi connectivity index (χ1v) is 5.27. The van der Waals surface area contributed by atoms with Crippen LogP contribution in [-0.4, -0.2) is 32.5 Å². The molecule has 1 saturated heterocycles. The smallest absolute Gasteiger partial charge is 0.0769 e. The van der Waals surface area contributed by atoms with Gasteiger partial charge in [-0.05, 0) is 19.4 Å². The lowest BCUT2D eigenvalue weighted by atomic mass is 10.1. The van der Waals surface area contributed by atoms with E-state index < -0.39 is 0 Å². The van der Waals surface area contributed by atoms with Crippen LogP contribution in [0.2, 0.25) is 0 Å². The monoisotopic (exact) mass is 199 g/mol. The number of hydrogen-bond donors (Lipinski definition) is 2. The third-order valence-electron chi connectivity index (χ3n) is 2.39. The Morgan fingerprint density at radius 2 is 2.69 bits per heavy atom. The average molecular weight is 199 g/mol. The maximum Gasteiger partial charge on any atom is 0.0769 e. The summed E-state index contributed by atoms with van der Waals surface area (Å²) in [5, 5.41) is 13.1. The van der Waals surface area contributed by atoms with Crippen LogP contribution in [0.5, 0.6) is 0 Å². The van der Waals surface area contributed by atoms with Gasteiger partial charge in [0, 0.05) is 12.5 Å². The van der Waals surface area contributed by atoms with Gasteiger partial charge in [0.25, 0.3) is 0 Å². The van der Waals surface area contributed by atoms with Gasteiger partial charge in [-0.1, -0.05) is 0 Å². The van der Waals surface area contributed by atoms with Gasteiger partial charge in [-0.15, -0.1) is 0 Å². The molecule has 5 heteroatoms. The van der Waals surface area contributed by atoms with E-state index in [4.69, 9.17) is 0 Å². The molecule has 1 aromatic rings. The van der Waals surface area contributed by atoms with Crippen LogP contribution < -0.4 is 5.32 Å². The quantitative estimate of drug-likeness (QED) is 0.730. The maximum atomic E-state index is 9.80. The topological polar surface area (TPSA) is 58.0 Å². The Hall–Kier alpha value is -0.520. The third kappa shape index (κ3) is 2.24. The summed E-state index contributed by atoms with van der Waals surface area (Å²) in [6.07, 6.45) is 4.26. The number of hydrogen-bond acceptors (Lipinski definition) is 5. The number of aliphatic hydroxyl groups is 1. The normalized spacial score (nSPS) is 24.8. The molecule has 13 heavy (non-hydrogen) atoms. The van der Waals surface area contributed by atoms with E-state index >= 15 is 0 Å². The molecular weight excluding hydrogens is 186 g/mol. The number of nitrogens with one attached hydrogen (secondary N) is 1. The van der Waals surface area contributed by atoms with E-state index in [-0.39, 0.29) is 12.1 Å². The van der Waals surface area contributed by atoms with Gasteiger partial charge >= 0.3 is 0 Å². The minimum atomic E-state index is -0.314. The molecular formula is C8H13N3OS. The number of aromatic nitrogens is 2. The lowest BCUT2D eigenvalue weighted by Crippen LogP contribution is -2.36. The fourth-order valence-electron chi connectivity index (χ4n) is 1.67. The highest BCUT2D eigenvalue weighted by Crippen LogP contribution is 2.12. The summed E-state index contributed by atoms with van der Waals surface area (Å²) in [4.78, 5) is 0. The molecule has 1 aromatic heterocycles. The second-order valence-corrected chi connectivity index (χ2v) is 3.93. The van der Waals surface area contributed by atoms with Crippen LogP contribution in [0.15, 0.2) is 6.20 Å². The van der Waals surface area contributed by atoms with E-state index in [0.29, 0.717) is 6.42 Å². The van der Waals surface area contributed by atoms with Crippen LogP contribution >= 0.6 is 11.7 Å². The fourth-order valence-corrected chi connectivity index (χ4v) is 2.11. The van der Waals surface area contributed by atoms with E-state index in [0.717, 1.165) is 25.1 Å². The number of nitrogens with zero attached hydrogens (tertiary/aromatic N) is 2. The van der Waals surface area contributed by atoms with Gasteiger partial charge in [0.15, 0.2) is 0 Å². The van der Waals surface area contributed by atoms with Crippen molar-refractivity contribution < 1.29 is 5.11 Å². The highest BCUT2D eigenvalue weighted by Gasteiger charge is 2.23. The summed E-state index contributed by atoms with van der Waals surface area (Å²) in [6, 6.07) is 0.252. The van der Waals surface area contributed by atoms with E-state index in [2.05, 4.69) is 14.1 Å². The minimum Gasteiger partial charge on any atom is -0.391 e. The van der Waals surface area contributed by atoms with Crippen molar-refractivity contribution in [3.8, 4) is 0 Å². The molecule has 2 unspecified atom stereocenters. The Kier molecular flexibility index (Phi) is 2.87. The molecule has 1 aliphatic heterocycles. The highest BCUT2D eigenvalue weighted by atomic mass is 32.1. The molecule has 4 nitrogen and oxygen atoms in total. The second-order valence-electron chi connectivity index (χ2n) is 3.37. The van der Waals surface area contributed by atoms with Crippen molar-refractivity contribution in [2.75, 3.05) is 6.54 Å². The van der Waals surface area contributed by atoms with Crippen molar-refractivity contribution in [3.05, 3.63) is 11.9 Å². The molecule has 0 saturated carbocycles. The van der Waals surface area contributed by atoms with Crippen LogP contribution in [0.25, 0.3) is 0 Å². The fraction of sp³-hybridized carbons (Fsp3) is 0.750. The Labute approximate surface area is 81.3 Å². The Morgan fingerprint density at radius 1 is 1.77 bits per heavy atom. The zero-order valence-corrected chi connectivity index (χ0v) is 8.13. The van der Waals surface area contributed by atoms with Crippen LogP contribution in [0.1, 0.15) is 18.5 Å². The number of rotatable bonds is 3. The molecule has 1 aliphatic rings. The highest BCUT2D eigenvalue weighted by molar-refractivity contribution is 6.99. The van der Waals surface area contributed by atoms with Gasteiger partial charge in [-0.3, -0.25) is 0 Å². The predicted octanol–water partition coefficient (Wildman–Crippen LogP) is 0.193. The largest absolute Gasteiger partial charge is 0.391 e. The third-order valence-corrected chi connectivity index (χ3v) is 2.90. The minimum absolute atomic E-state index is 0.252. The zero-order chi connectivity index (χ0) is 9.10. The van der Waals surface area contributed by atoms with Gasteiger partial charge in [0.2, 0.25) is 0 Å². The lowest BCUT2D eigenvalue weighted by Gasteiger charge is -2.16. The van der Waals surface area contributed by atoms with Gasteiger partial charge in [-0.2, -0.15) is 8.75 Å². The molecule has 0 bridgehead atoms. The van der Waals surface area contributed by atoms with Gasteiger partial charge in [0.1, 0.15) is 0 Å². The molecule has 0 aromatic carbocycles. The summed E-state index contributed by atoms with van der Waals surface area (Å²) in [7, 11) is 0. The Morgan fingerprint density at radius 3 is 3.31 bits per heavy atom. The van der Waals surface area contributed by atoms with Crippen LogP contribution in [-0.2, 0) is 6.42 Å². The molecule has 0 radical (unpaired) electrons. The van der Waals surface area contributed by atoms with Crippen molar-refractivity contribution in [3.63, 3.8) is 0 Å². The van der Waals surface area contributed by atoms with Crippen LogP contribution in [0.4, 0.5) is 0 Å². The van der Waals surface area contributed by atoms with Crippen LogP contribution in [0.3, 0.4) is 0 Å². The molecule has 2 atom stereocenters. The summed E-state index contributed by atoms with van der Waals surface area (Å²) in [6.45, 7) is 1.02. The lowest BCUT2D eigenvalue weighted by molar-refractivity contribution is 0.135. The first-order chi connectivity index (χ1) is 6.36. The molecule has 72 valence electrons. The summed E-state index contributed by atoms with van der Waals surface area (Å²) in [5.41, 5.74) is 0.895. The van der Waals surface area contributed by atoms with E-state index in [1.165, 1.54) is 11.7 Å². The van der Waals surface area contributed by atoms with Crippen LogP contribution in [0, 0.1) is 0 Å². The van der Waals surface area contributed by atoms with E-state index in [9.17, 15) is 5.11 Å². The SMILES string of the molecule is OC(Cc1cnsn1)C1CCCN1. The van der Waals surface area contributed by atoms with Crippen molar-refractivity contribution in [2.45, 2.75) is 31.4 Å². The summed E-state index contributed by atoms with van der Waals surface area (Å²) >= 11 is 1.19. The Bertz CT molecular complexity index is 246. The van der Waals surface area contributed by atoms with Crippen molar-refractivity contribution >= 4 is 11.7 Å². The zero-order valence-electron chi connectivity index (χ0n) is 7.31. The van der Waals surface area contributed by atoms with E-state index in [1.54, 1.807) is 6.20 Å². The molecule has 2 rings (SSSR count). The van der Waals surface area contributed by atoms with Crippen molar-refractivity contribution in [1.29, 1.82) is 0 Å².